The quantitative estimate of drug-likeness (QED) is 0.596. The number of ketones is 1. The maximum absolute atomic E-state index is 11.9. The summed E-state index contributed by atoms with van der Waals surface area (Å²) < 4.78 is 9.33. The summed E-state index contributed by atoms with van der Waals surface area (Å²) in [5, 5.41) is 0.521. The van der Waals surface area contributed by atoms with E-state index >= 15 is 0 Å². The zero-order valence-corrected chi connectivity index (χ0v) is 12.8. The molecule has 0 aliphatic rings. The van der Waals surface area contributed by atoms with Crippen LogP contribution in [0.25, 0.3) is 0 Å². The van der Waals surface area contributed by atoms with Crippen LogP contribution in [0.15, 0.2) is 24.3 Å². The summed E-state index contributed by atoms with van der Waals surface area (Å²) >= 11 is 5.83. The second-order valence-corrected chi connectivity index (χ2v) is 5.02. The second-order valence-electron chi connectivity index (χ2n) is 4.59. The van der Waals surface area contributed by atoms with E-state index in [1.165, 1.54) is 21.1 Å². The Labute approximate surface area is 128 Å². The van der Waals surface area contributed by atoms with E-state index in [0.717, 1.165) is 0 Å². The number of esters is 2. The van der Waals surface area contributed by atoms with Gasteiger partial charge in [-0.1, -0.05) is 23.7 Å². The third kappa shape index (κ3) is 4.56. The SMILES string of the molecule is COC(=O)C(C(=O)OC)C(CC(C)=O)c1ccc(Cl)cc1. The predicted octanol–water partition coefficient (Wildman–Crippen LogP) is 2.36. The van der Waals surface area contributed by atoms with E-state index in [-0.39, 0.29) is 12.2 Å². The van der Waals surface area contributed by atoms with E-state index in [0.29, 0.717) is 10.6 Å². The average molecular weight is 313 g/mol. The van der Waals surface area contributed by atoms with Crippen molar-refractivity contribution in [3.05, 3.63) is 34.9 Å². The monoisotopic (exact) mass is 312 g/mol. The number of carbonyl (C=O) groups excluding carboxylic acids is 3. The molecule has 1 atom stereocenters. The van der Waals surface area contributed by atoms with Gasteiger partial charge in [-0.3, -0.25) is 9.59 Å². The molecule has 6 heteroatoms. The largest absolute Gasteiger partial charge is 0.468 e. The van der Waals surface area contributed by atoms with Crippen LogP contribution in [0.2, 0.25) is 5.02 Å². The van der Waals surface area contributed by atoms with Crippen LogP contribution in [0.1, 0.15) is 24.8 Å². The van der Waals surface area contributed by atoms with Gasteiger partial charge in [0.05, 0.1) is 14.2 Å². The number of carbonyl (C=O) groups is 3. The molecule has 0 aromatic heterocycles. The fourth-order valence-electron chi connectivity index (χ4n) is 2.13. The molecule has 1 aromatic rings. The maximum atomic E-state index is 11.9. The first-order valence-electron chi connectivity index (χ1n) is 6.31. The van der Waals surface area contributed by atoms with Crippen LogP contribution in [-0.2, 0) is 23.9 Å². The Balaban J connectivity index is 3.25. The van der Waals surface area contributed by atoms with Crippen LogP contribution in [0.4, 0.5) is 0 Å². The zero-order valence-electron chi connectivity index (χ0n) is 12.1. The molecule has 5 nitrogen and oxygen atoms in total. The number of hydrogen-bond acceptors (Lipinski definition) is 5. The van der Waals surface area contributed by atoms with Crippen molar-refractivity contribution in [2.45, 2.75) is 19.3 Å². The molecule has 1 aromatic carbocycles. The first-order valence-corrected chi connectivity index (χ1v) is 6.69. The van der Waals surface area contributed by atoms with Crippen LogP contribution in [-0.4, -0.2) is 31.9 Å². The first kappa shape index (κ1) is 17.2. The van der Waals surface area contributed by atoms with Crippen molar-refractivity contribution in [2.24, 2.45) is 5.92 Å². The van der Waals surface area contributed by atoms with E-state index in [1.54, 1.807) is 24.3 Å². The molecule has 0 fully saturated rings. The molecule has 0 bridgehead atoms. The summed E-state index contributed by atoms with van der Waals surface area (Å²) in [6, 6.07) is 6.62. The Morgan fingerprint density at radius 1 is 1.05 bits per heavy atom. The van der Waals surface area contributed by atoms with Gasteiger partial charge in [0.25, 0.3) is 0 Å². The summed E-state index contributed by atoms with van der Waals surface area (Å²) in [5.74, 6) is -3.46. The highest BCUT2D eigenvalue weighted by Gasteiger charge is 2.38. The molecular formula is C15H17ClO5. The second kappa shape index (κ2) is 7.78. The van der Waals surface area contributed by atoms with Crippen LogP contribution in [0, 0.1) is 5.92 Å². The maximum Gasteiger partial charge on any atom is 0.320 e. The molecule has 0 spiro atoms. The van der Waals surface area contributed by atoms with E-state index in [2.05, 4.69) is 9.47 Å². The molecule has 0 aliphatic heterocycles. The Morgan fingerprint density at radius 3 is 1.90 bits per heavy atom. The van der Waals surface area contributed by atoms with Gasteiger partial charge < -0.3 is 14.3 Å². The molecule has 0 N–H and O–H groups in total. The van der Waals surface area contributed by atoms with Gasteiger partial charge in [0.15, 0.2) is 5.92 Å². The Bertz CT molecular complexity index is 507. The lowest BCUT2D eigenvalue weighted by Crippen LogP contribution is -2.33. The smallest absolute Gasteiger partial charge is 0.320 e. The molecular weight excluding hydrogens is 296 g/mol. The number of benzene rings is 1. The minimum atomic E-state index is -1.19. The normalized spacial score (nSPS) is 11.9. The molecule has 114 valence electrons. The molecule has 0 heterocycles. The van der Waals surface area contributed by atoms with Gasteiger partial charge in [-0.15, -0.1) is 0 Å². The number of rotatable bonds is 6. The fourth-order valence-corrected chi connectivity index (χ4v) is 2.25. The minimum absolute atomic E-state index is 0.0243. The lowest BCUT2D eigenvalue weighted by Gasteiger charge is -2.23. The highest BCUT2D eigenvalue weighted by atomic mass is 35.5. The molecule has 1 unspecified atom stereocenters. The van der Waals surface area contributed by atoms with Gasteiger partial charge in [-0.05, 0) is 24.6 Å². The third-order valence-corrected chi connectivity index (χ3v) is 3.37. The van der Waals surface area contributed by atoms with Crippen molar-refractivity contribution in [1.29, 1.82) is 0 Å². The Morgan fingerprint density at radius 2 is 1.52 bits per heavy atom. The van der Waals surface area contributed by atoms with Crippen LogP contribution in [0.3, 0.4) is 0 Å². The van der Waals surface area contributed by atoms with Gasteiger partial charge in [0, 0.05) is 17.4 Å². The van der Waals surface area contributed by atoms with Crippen molar-refractivity contribution >= 4 is 29.3 Å². The topological polar surface area (TPSA) is 69.7 Å². The van der Waals surface area contributed by atoms with Crippen molar-refractivity contribution in [3.8, 4) is 0 Å². The molecule has 0 radical (unpaired) electrons. The molecule has 1 rings (SSSR count). The summed E-state index contributed by atoms with van der Waals surface area (Å²) in [7, 11) is 2.37. The fraction of sp³-hybridized carbons (Fsp3) is 0.400. The number of Topliss-reactive ketones (excluding diaryl/α,β-unsaturated/α-hetero) is 1. The third-order valence-electron chi connectivity index (χ3n) is 3.12. The van der Waals surface area contributed by atoms with Crippen molar-refractivity contribution in [2.75, 3.05) is 14.2 Å². The van der Waals surface area contributed by atoms with Gasteiger partial charge in [-0.2, -0.15) is 0 Å². The lowest BCUT2D eigenvalue weighted by atomic mass is 9.82. The summed E-state index contributed by atoms with van der Waals surface area (Å²) in [6.07, 6.45) is 0.0243. The number of ether oxygens (including phenoxy) is 2. The molecule has 21 heavy (non-hydrogen) atoms. The van der Waals surface area contributed by atoms with E-state index in [4.69, 9.17) is 11.6 Å². The summed E-state index contributed by atoms with van der Waals surface area (Å²) in [5.41, 5.74) is 0.649. The Hall–Kier alpha value is -1.88. The minimum Gasteiger partial charge on any atom is -0.468 e. The average Bonchev–Trinajstić information content (AvgIpc) is 2.46. The van der Waals surface area contributed by atoms with Gasteiger partial charge in [-0.25, -0.2) is 0 Å². The molecule has 0 saturated carbocycles. The number of halogens is 1. The van der Waals surface area contributed by atoms with Crippen molar-refractivity contribution < 1.29 is 23.9 Å². The van der Waals surface area contributed by atoms with Gasteiger partial charge >= 0.3 is 11.9 Å². The highest BCUT2D eigenvalue weighted by molar-refractivity contribution is 6.30. The van der Waals surface area contributed by atoms with E-state index < -0.39 is 23.8 Å². The standard InChI is InChI=1S/C15H17ClO5/c1-9(17)8-12(10-4-6-11(16)7-5-10)13(14(18)20-2)15(19)21-3/h4-7,12-13H,8H2,1-3H3. The summed E-state index contributed by atoms with van der Waals surface area (Å²) in [4.78, 5) is 35.3. The first-order chi connectivity index (χ1) is 9.90. The van der Waals surface area contributed by atoms with E-state index in [1.807, 2.05) is 0 Å². The zero-order chi connectivity index (χ0) is 16.0. The predicted molar refractivity (Wildman–Crippen MR) is 77.0 cm³/mol. The number of methoxy groups -OCH3 is 2. The molecule has 0 aliphatic carbocycles. The van der Waals surface area contributed by atoms with Crippen molar-refractivity contribution in [1.82, 2.24) is 0 Å². The van der Waals surface area contributed by atoms with Gasteiger partial charge in [0.1, 0.15) is 5.78 Å². The highest BCUT2D eigenvalue weighted by Crippen LogP contribution is 2.31. The lowest BCUT2D eigenvalue weighted by molar-refractivity contribution is -0.160. The van der Waals surface area contributed by atoms with Crippen molar-refractivity contribution in [3.63, 3.8) is 0 Å². The van der Waals surface area contributed by atoms with E-state index in [9.17, 15) is 14.4 Å². The van der Waals surface area contributed by atoms with Gasteiger partial charge in [0.2, 0.25) is 0 Å². The molecule has 0 saturated heterocycles. The van der Waals surface area contributed by atoms with Crippen LogP contribution < -0.4 is 0 Å². The summed E-state index contributed by atoms with van der Waals surface area (Å²) in [6.45, 7) is 1.40. The Kier molecular flexibility index (Phi) is 6.37. The molecule has 0 amide bonds. The number of hydrogen-bond donors (Lipinski definition) is 0. The van der Waals surface area contributed by atoms with Crippen LogP contribution in [0.5, 0.6) is 0 Å². The van der Waals surface area contributed by atoms with Crippen LogP contribution >= 0.6 is 11.6 Å².